The van der Waals surface area contributed by atoms with Gasteiger partial charge >= 0.3 is 0 Å². The first-order chi connectivity index (χ1) is 16.0. The molecular weight excluding hydrogens is 416 g/mol. The Hall–Kier alpha value is -2.57. The molecule has 2 fully saturated rings. The molecule has 6 nitrogen and oxygen atoms in total. The molecule has 33 heavy (non-hydrogen) atoms. The van der Waals surface area contributed by atoms with Gasteiger partial charge in [-0.3, -0.25) is 9.69 Å². The molecule has 0 unspecified atom stereocenters. The molecule has 2 atom stereocenters. The molecule has 2 heterocycles. The third-order valence-electron chi connectivity index (χ3n) is 6.32. The minimum atomic E-state index is 0.129. The molecule has 1 amide bonds. The van der Waals surface area contributed by atoms with E-state index in [1.54, 1.807) is 6.92 Å². The number of rotatable bonds is 8. The Kier molecular flexibility index (Phi) is 7.89. The van der Waals surface area contributed by atoms with Crippen molar-refractivity contribution in [1.82, 2.24) is 9.80 Å². The normalized spacial score (nSPS) is 21.4. The maximum atomic E-state index is 12.1. The number of amides is 1. The SMILES string of the molecule is CC(=O)N1CCN(Cc2cccc(OC[C@H]3CCCO3)c2)[C@@H](c2ccc(OC(C)C)cc2)C1. The van der Waals surface area contributed by atoms with Crippen molar-refractivity contribution in [3.05, 3.63) is 59.7 Å². The van der Waals surface area contributed by atoms with E-state index in [1.807, 2.05) is 36.9 Å². The molecule has 4 rings (SSSR count). The highest BCUT2D eigenvalue weighted by Crippen LogP contribution is 2.29. The number of carbonyl (C=O) groups is 1. The zero-order chi connectivity index (χ0) is 23.2. The zero-order valence-electron chi connectivity index (χ0n) is 20.0. The Balaban J connectivity index is 1.46. The van der Waals surface area contributed by atoms with E-state index in [1.165, 1.54) is 11.1 Å². The van der Waals surface area contributed by atoms with Crippen LogP contribution in [-0.2, 0) is 16.1 Å². The molecule has 0 spiro atoms. The van der Waals surface area contributed by atoms with Crippen LogP contribution in [0.5, 0.6) is 11.5 Å². The van der Waals surface area contributed by atoms with Gasteiger partial charge in [0.2, 0.25) is 5.91 Å². The number of ether oxygens (including phenoxy) is 3. The summed E-state index contributed by atoms with van der Waals surface area (Å²) in [6, 6.07) is 16.8. The van der Waals surface area contributed by atoms with E-state index in [2.05, 4.69) is 35.2 Å². The molecule has 0 bridgehead atoms. The Morgan fingerprint density at radius 2 is 1.94 bits per heavy atom. The number of nitrogens with zero attached hydrogens (tertiary/aromatic N) is 2. The van der Waals surface area contributed by atoms with Gasteiger partial charge in [-0.15, -0.1) is 0 Å². The lowest BCUT2D eigenvalue weighted by atomic mass is 10.0. The molecule has 178 valence electrons. The maximum Gasteiger partial charge on any atom is 0.219 e. The largest absolute Gasteiger partial charge is 0.491 e. The van der Waals surface area contributed by atoms with E-state index in [0.29, 0.717) is 13.2 Å². The summed E-state index contributed by atoms with van der Waals surface area (Å²) in [6.07, 6.45) is 2.54. The summed E-state index contributed by atoms with van der Waals surface area (Å²) < 4.78 is 17.5. The minimum Gasteiger partial charge on any atom is -0.491 e. The second-order valence-electron chi connectivity index (χ2n) is 9.28. The van der Waals surface area contributed by atoms with Gasteiger partial charge in [0.1, 0.15) is 18.1 Å². The number of hydrogen-bond acceptors (Lipinski definition) is 5. The fourth-order valence-electron chi connectivity index (χ4n) is 4.59. The quantitative estimate of drug-likeness (QED) is 0.593. The second-order valence-corrected chi connectivity index (χ2v) is 9.28. The van der Waals surface area contributed by atoms with Gasteiger partial charge in [0.25, 0.3) is 0 Å². The van der Waals surface area contributed by atoms with Gasteiger partial charge < -0.3 is 19.1 Å². The van der Waals surface area contributed by atoms with E-state index < -0.39 is 0 Å². The third kappa shape index (κ3) is 6.49. The Morgan fingerprint density at radius 3 is 2.64 bits per heavy atom. The summed E-state index contributed by atoms with van der Waals surface area (Å²) in [5.74, 6) is 1.89. The summed E-state index contributed by atoms with van der Waals surface area (Å²) in [4.78, 5) is 16.5. The Labute approximate surface area is 197 Å². The predicted octanol–water partition coefficient (Wildman–Crippen LogP) is 4.44. The summed E-state index contributed by atoms with van der Waals surface area (Å²) in [5, 5.41) is 0. The summed E-state index contributed by atoms with van der Waals surface area (Å²) in [5.41, 5.74) is 2.41. The summed E-state index contributed by atoms with van der Waals surface area (Å²) in [7, 11) is 0. The summed E-state index contributed by atoms with van der Waals surface area (Å²) >= 11 is 0. The maximum absolute atomic E-state index is 12.1. The van der Waals surface area contributed by atoms with Crippen molar-refractivity contribution in [2.45, 2.75) is 58.4 Å². The fourth-order valence-corrected chi connectivity index (χ4v) is 4.59. The van der Waals surface area contributed by atoms with Crippen LogP contribution < -0.4 is 9.47 Å². The van der Waals surface area contributed by atoms with E-state index in [-0.39, 0.29) is 24.2 Å². The lowest BCUT2D eigenvalue weighted by molar-refractivity contribution is -0.132. The van der Waals surface area contributed by atoms with Crippen molar-refractivity contribution >= 4 is 5.91 Å². The molecule has 0 saturated carbocycles. The van der Waals surface area contributed by atoms with Crippen LogP contribution in [0.15, 0.2) is 48.5 Å². The number of benzene rings is 2. The molecule has 2 aromatic carbocycles. The van der Waals surface area contributed by atoms with Gasteiger partial charge in [0, 0.05) is 39.7 Å². The van der Waals surface area contributed by atoms with Crippen molar-refractivity contribution in [3.8, 4) is 11.5 Å². The van der Waals surface area contributed by atoms with E-state index >= 15 is 0 Å². The molecule has 2 aliphatic heterocycles. The van der Waals surface area contributed by atoms with Crippen molar-refractivity contribution in [3.63, 3.8) is 0 Å². The molecule has 2 saturated heterocycles. The van der Waals surface area contributed by atoms with Gasteiger partial charge in [-0.2, -0.15) is 0 Å². The average Bonchev–Trinajstić information content (AvgIpc) is 3.32. The molecule has 0 aromatic heterocycles. The van der Waals surface area contributed by atoms with E-state index in [9.17, 15) is 4.79 Å². The minimum absolute atomic E-state index is 0.129. The number of hydrogen-bond donors (Lipinski definition) is 0. The van der Waals surface area contributed by atoms with Crippen LogP contribution in [0, 0.1) is 0 Å². The van der Waals surface area contributed by atoms with Gasteiger partial charge in [0.15, 0.2) is 0 Å². The molecule has 0 radical (unpaired) electrons. The van der Waals surface area contributed by atoms with Crippen molar-refractivity contribution in [2.75, 3.05) is 32.8 Å². The third-order valence-corrected chi connectivity index (χ3v) is 6.32. The van der Waals surface area contributed by atoms with Crippen LogP contribution in [0.3, 0.4) is 0 Å². The smallest absolute Gasteiger partial charge is 0.219 e. The first-order valence-corrected chi connectivity index (χ1v) is 12.1. The topological polar surface area (TPSA) is 51.2 Å². The van der Waals surface area contributed by atoms with Crippen LogP contribution in [0.2, 0.25) is 0 Å². The highest BCUT2D eigenvalue weighted by atomic mass is 16.5. The Morgan fingerprint density at radius 1 is 1.12 bits per heavy atom. The average molecular weight is 453 g/mol. The molecule has 6 heteroatoms. The van der Waals surface area contributed by atoms with Gasteiger partial charge in [-0.05, 0) is 62.1 Å². The van der Waals surface area contributed by atoms with Crippen molar-refractivity contribution in [1.29, 1.82) is 0 Å². The Bertz CT molecular complexity index is 909. The molecule has 2 aromatic rings. The molecule has 0 aliphatic carbocycles. The zero-order valence-corrected chi connectivity index (χ0v) is 20.0. The fraction of sp³-hybridized carbons (Fsp3) is 0.519. The molecule has 2 aliphatic rings. The highest BCUT2D eigenvalue weighted by molar-refractivity contribution is 5.73. The van der Waals surface area contributed by atoms with Crippen LogP contribution in [0.1, 0.15) is 50.8 Å². The predicted molar refractivity (Wildman–Crippen MR) is 129 cm³/mol. The standard InChI is InChI=1S/C27H36N2O4/c1-20(2)33-24-11-9-23(10-12-24)27-18-28(21(3)30)13-14-29(27)17-22-6-4-7-25(16-22)32-19-26-8-5-15-31-26/h4,6-7,9-12,16,20,26-27H,5,8,13-15,17-19H2,1-3H3/t26-,27-/m1/s1. The first-order valence-electron chi connectivity index (χ1n) is 12.1. The van der Waals surface area contributed by atoms with Crippen LogP contribution >= 0.6 is 0 Å². The number of carbonyl (C=O) groups excluding carboxylic acids is 1. The van der Waals surface area contributed by atoms with Gasteiger partial charge in [-0.25, -0.2) is 0 Å². The van der Waals surface area contributed by atoms with Crippen molar-refractivity contribution in [2.24, 2.45) is 0 Å². The van der Waals surface area contributed by atoms with E-state index in [0.717, 1.165) is 50.6 Å². The summed E-state index contributed by atoms with van der Waals surface area (Å²) in [6.45, 7) is 10.2. The molecular formula is C27H36N2O4. The van der Waals surface area contributed by atoms with Crippen LogP contribution in [0.4, 0.5) is 0 Å². The van der Waals surface area contributed by atoms with Crippen molar-refractivity contribution < 1.29 is 19.0 Å². The van der Waals surface area contributed by atoms with Crippen LogP contribution in [0.25, 0.3) is 0 Å². The first kappa shape index (κ1) is 23.6. The van der Waals surface area contributed by atoms with Crippen LogP contribution in [-0.4, -0.2) is 60.8 Å². The second kappa shape index (κ2) is 11.0. The monoisotopic (exact) mass is 452 g/mol. The molecule has 0 N–H and O–H groups in total. The van der Waals surface area contributed by atoms with E-state index in [4.69, 9.17) is 14.2 Å². The highest BCUT2D eigenvalue weighted by Gasteiger charge is 2.29. The van der Waals surface area contributed by atoms with Gasteiger partial charge in [-0.1, -0.05) is 24.3 Å². The lowest BCUT2D eigenvalue weighted by Gasteiger charge is -2.41. The van der Waals surface area contributed by atoms with Gasteiger partial charge in [0.05, 0.1) is 18.2 Å². The lowest BCUT2D eigenvalue weighted by Crippen LogP contribution is -2.49. The number of piperazine rings is 1.